The summed E-state index contributed by atoms with van der Waals surface area (Å²) in [5.74, 6) is -1.04. The molecule has 1 atom stereocenters. The number of hydrogen-bond acceptors (Lipinski definition) is 4. The molecule has 0 aliphatic rings. The van der Waals surface area contributed by atoms with Crippen molar-refractivity contribution in [2.75, 3.05) is 14.1 Å². The molecule has 3 N–H and O–H groups in total. The van der Waals surface area contributed by atoms with Crippen LogP contribution in [0.3, 0.4) is 0 Å². The number of carbonyl (C=O) groups is 2. The van der Waals surface area contributed by atoms with Gasteiger partial charge in [0.15, 0.2) is 0 Å². The Hall–Kier alpha value is -2.86. The summed E-state index contributed by atoms with van der Waals surface area (Å²) in [7, 11) is 3.61. The number of amides is 2. The van der Waals surface area contributed by atoms with Gasteiger partial charge in [0.25, 0.3) is 11.8 Å². The molecule has 0 spiro atoms. The van der Waals surface area contributed by atoms with E-state index >= 15 is 0 Å². The van der Waals surface area contributed by atoms with Gasteiger partial charge in [-0.2, -0.15) is 0 Å². The van der Waals surface area contributed by atoms with Crippen molar-refractivity contribution in [3.63, 3.8) is 0 Å². The minimum absolute atomic E-state index is 0.0993. The molecule has 0 aliphatic carbocycles. The van der Waals surface area contributed by atoms with Gasteiger partial charge in [0, 0.05) is 0 Å². The number of nitrogens with zero attached hydrogens (tertiary/aromatic N) is 1. The van der Waals surface area contributed by atoms with Crippen LogP contribution in [0.5, 0.6) is 5.75 Å². The zero-order valence-electron chi connectivity index (χ0n) is 13.7. The van der Waals surface area contributed by atoms with E-state index in [0.717, 1.165) is 5.56 Å². The Balaban J connectivity index is 1.98. The first kappa shape index (κ1) is 17.5. The molecule has 0 radical (unpaired) electrons. The number of phenolic OH excluding ortho intramolecular Hbond substituents is 1. The van der Waals surface area contributed by atoms with Crippen LogP contribution in [-0.2, 0) is 11.2 Å². The minimum atomic E-state index is -0.571. The van der Waals surface area contributed by atoms with Crippen molar-refractivity contribution in [3.8, 4) is 5.75 Å². The van der Waals surface area contributed by atoms with Crippen molar-refractivity contribution in [2.45, 2.75) is 12.5 Å². The molecule has 2 aromatic carbocycles. The van der Waals surface area contributed by atoms with Crippen molar-refractivity contribution in [1.82, 2.24) is 15.8 Å². The van der Waals surface area contributed by atoms with Gasteiger partial charge in [0.2, 0.25) is 0 Å². The summed E-state index contributed by atoms with van der Waals surface area (Å²) in [6.45, 7) is 0. The van der Waals surface area contributed by atoms with Gasteiger partial charge in [-0.15, -0.1) is 0 Å². The van der Waals surface area contributed by atoms with Crippen molar-refractivity contribution in [2.24, 2.45) is 0 Å². The minimum Gasteiger partial charge on any atom is -0.507 e. The van der Waals surface area contributed by atoms with Crippen LogP contribution < -0.4 is 10.9 Å². The number of rotatable bonds is 5. The molecule has 0 fully saturated rings. The lowest BCUT2D eigenvalue weighted by molar-refractivity contribution is -0.126. The highest BCUT2D eigenvalue weighted by Gasteiger charge is 2.22. The number of phenols is 1. The van der Waals surface area contributed by atoms with Gasteiger partial charge in [-0.1, -0.05) is 42.5 Å². The van der Waals surface area contributed by atoms with Crippen molar-refractivity contribution >= 4 is 11.8 Å². The molecule has 6 nitrogen and oxygen atoms in total. The lowest BCUT2D eigenvalue weighted by Gasteiger charge is -2.23. The van der Waals surface area contributed by atoms with Crippen molar-refractivity contribution in [1.29, 1.82) is 0 Å². The summed E-state index contributed by atoms with van der Waals surface area (Å²) in [6.07, 6.45) is 0.520. The number of likely N-dealkylation sites (N-methyl/N-ethyl adjacent to an activating group) is 1. The fourth-order valence-corrected chi connectivity index (χ4v) is 2.28. The van der Waals surface area contributed by atoms with E-state index in [9.17, 15) is 14.7 Å². The summed E-state index contributed by atoms with van der Waals surface area (Å²) in [5, 5.41) is 9.66. The molecule has 0 unspecified atom stereocenters. The largest absolute Gasteiger partial charge is 0.507 e. The Morgan fingerprint density at radius 1 is 1.00 bits per heavy atom. The second-order valence-corrected chi connectivity index (χ2v) is 5.63. The van der Waals surface area contributed by atoms with Crippen molar-refractivity contribution < 1.29 is 14.7 Å². The Morgan fingerprint density at radius 2 is 1.62 bits per heavy atom. The fraction of sp³-hybridized carbons (Fsp3) is 0.222. The second kappa shape index (κ2) is 8.12. The maximum absolute atomic E-state index is 12.4. The van der Waals surface area contributed by atoms with Crippen LogP contribution in [0, 0.1) is 0 Å². The average molecular weight is 327 g/mol. The molecule has 126 valence electrons. The smallest absolute Gasteiger partial charge is 0.273 e. The Bertz CT molecular complexity index is 702. The number of aromatic hydroxyl groups is 1. The highest BCUT2D eigenvalue weighted by atomic mass is 16.3. The average Bonchev–Trinajstić information content (AvgIpc) is 2.58. The summed E-state index contributed by atoms with van der Waals surface area (Å²) in [4.78, 5) is 26.2. The fourth-order valence-electron chi connectivity index (χ4n) is 2.28. The molecule has 2 amide bonds. The standard InChI is InChI=1S/C18H21N3O3/c1-21(2)15(12-13-8-4-3-5-9-13)18(24)20-19-17(23)14-10-6-7-11-16(14)22/h3-11,15,22H,12H2,1-2H3,(H,19,23)(H,20,24)/t15-/m1/s1. The van der Waals surface area contributed by atoms with Crippen LogP contribution in [0.2, 0.25) is 0 Å². The molecule has 2 rings (SSSR count). The number of benzene rings is 2. The topological polar surface area (TPSA) is 81.7 Å². The van der Waals surface area contributed by atoms with Crippen LogP contribution in [0.25, 0.3) is 0 Å². The Labute approximate surface area is 141 Å². The van der Waals surface area contributed by atoms with Crippen LogP contribution >= 0.6 is 0 Å². The first-order valence-corrected chi connectivity index (χ1v) is 7.57. The predicted molar refractivity (Wildman–Crippen MR) is 91.3 cm³/mol. The highest BCUT2D eigenvalue weighted by Crippen LogP contribution is 2.14. The first-order valence-electron chi connectivity index (χ1n) is 7.57. The summed E-state index contributed by atoms with van der Waals surface area (Å²) in [5.41, 5.74) is 5.88. The molecular formula is C18H21N3O3. The van der Waals surface area contributed by atoms with Gasteiger partial charge >= 0.3 is 0 Å². The quantitative estimate of drug-likeness (QED) is 0.724. The predicted octanol–water partition coefficient (Wildman–Crippen LogP) is 1.33. The van der Waals surface area contributed by atoms with Gasteiger partial charge in [-0.3, -0.25) is 25.3 Å². The maximum atomic E-state index is 12.4. The molecule has 0 heterocycles. The summed E-state index contributed by atoms with van der Waals surface area (Å²) >= 11 is 0. The number of carbonyl (C=O) groups excluding carboxylic acids is 2. The Morgan fingerprint density at radius 3 is 2.25 bits per heavy atom. The number of hydrogen-bond donors (Lipinski definition) is 3. The lowest BCUT2D eigenvalue weighted by Crippen LogP contribution is -2.51. The van der Waals surface area contributed by atoms with E-state index in [-0.39, 0.29) is 17.2 Å². The number of hydrazine groups is 1. The molecule has 0 aliphatic heterocycles. The van der Waals surface area contributed by atoms with Crippen molar-refractivity contribution in [3.05, 3.63) is 65.7 Å². The van der Waals surface area contributed by atoms with E-state index in [2.05, 4.69) is 10.9 Å². The third kappa shape index (κ3) is 4.57. The Kier molecular flexibility index (Phi) is 5.92. The van der Waals surface area contributed by atoms with E-state index in [1.54, 1.807) is 31.1 Å². The summed E-state index contributed by atoms with van der Waals surface area (Å²) in [6, 6.07) is 15.4. The van der Waals surface area contributed by atoms with Crippen LogP contribution in [0.15, 0.2) is 54.6 Å². The summed E-state index contributed by atoms with van der Waals surface area (Å²) < 4.78 is 0. The third-order valence-corrected chi connectivity index (χ3v) is 3.65. The van der Waals surface area contributed by atoms with Gasteiger partial charge in [0.1, 0.15) is 5.75 Å². The second-order valence-electron chi connectivity index (χ2n) is 5.63. The first-order chi connectivity index (χ1) is 11.5. The normalized spacial score (nSPS) is 11.8. The van der Waals surface area contributed by atoms with Gasteiger partial charge in [-0.05, 0) is 38.2 Å². The van der Waals surface area contributed by atoms with Gasteiger partial charge < -0.3 is 5.11 Å². The van der Waals surface area contributed by atoms with Gasteiger partial charge in [-0.25, -0.2) is 0 Å². The lowest BCUT2D eigenvalue weighted by atomic mass is 10.0. The zero-order valence-corrected chi connectivity index (χ0v) is 13.7. The highest BCUT2D eigenvalue weighted by molar-refractivity contribution is 5.98. The molecule has 0 saturated heterocycles. The zero-order chi connectivity index (χ0) is 17.5. The monoisotopic (exact) mass is 327 g/mol. The van der Waals surface area contributed by atoms with Crippen LogP contribution in [-0.4, -0.2) is 42.0 Å². The molecule has 0 aromatic heterocycles. The molecule has 6 heteroatoms. The molecule has 2 aromatic rings. The molecule has 24 heavy (non-hydrogen) atoms. The molecule has 0 bridgehead atoms. The van der Waals surface area contributed by atoms with E-state index in [4.69, 9.17) is 0 Å². The van der Waals surface area contributed by atoms with E-state index < -0.39 is 11.9 Å². The third-order valence-electron chi connectivity index (χ3n) is 3.65. The van der Waals surface area contributed by atoms with Gasteiger partial charge in [0.05, 0.1) is 11.6 Å². The van der Waals surface area contributed by atoms with Crippen LogP contribution in [0.4, 0.5) is 0 Å². The van der Waals surface area contributed by atoms with E-state index in [0.29, 0.717) is 6.42 Å². The van der Waals surface area contributed by atoms with E-state index in [1.165, 1.54) is 12.1 Å². The number of nitrogens with one attached hydrogen (secondary N) is 2. The number of para-hydroxylation sites is 1. The maximum Gasteiger partial charge on any atom is 0.273 e. The molecule has 0 saturated carbocycles. The van der Waals surface area contributed by atoms with Crippen LogP contribution in [0.1, 0.15) is 15.9 Å². The van der Waals surface area contributed by atoms with E-state index in [1.807, 2.05) is 30.3 Å². The SMILES string of the molecule is CN(C)[C@H](Cc1ccccc1)C(=O)NNC(=O)c1ccccc1O. The molecular weight excluding hydrogens is 306 g/mol.